The first-order valence-electron chi connectivity index (χ1n) is 7.64. The third-order valence-electron chi connectivity index (χ3n) is 3.66. The van der Waals surface area contributed by atoms with Crippen LogP contribution in [0.3, 0.4) is 0 Å². The zero-order chi connectivity index (χ0) is 16.8. The lowest BCUT2D eigenvalue weighted by Gasteiger charge is -2.18. The molecule has 0 radical (unpaired) electrons. The van der Waals surface area contributed by atoms with Gasteiger partial charge in [-0.05, 0) is 40.6 Å². The van der Waals surface area contributed by atoms with Crippen LogP contribution in [0.5, 0.6) is 0 Å². The first-order chi connectivity index (χ1) is 11.7. The van der Waals surface area contributed by atoms with Gasteiger partial charge in [0.25, 0.3) is 5.91 Å². The smallest absolute Gasteiger partial charge is 0.259 e. The lowest BCUT2D eigenvalue weighted by Crippen LogP contribution is -2.32. The van der Waals surface area contributed by atoms with Crippen LogP contribution in [-0.4, -0.2) is 30.7 Å². The molecule has 0 bridgehead atoms. The Morgan fingerprint density at radius 1 is 1.12 bits per heavy atom. The number of carbonyl (C=O) groups excluding carboxylic acids is 1. The molecule has 5 heteroatoms. The summed E-state index contributed by atoms with van der Waals surface area (Å²) in [6.45, 7) is 0.228. The van der Waals surface area contributed by atoms with Gasteiger partial charge in [-0.25, -0.2) is 5.43 Å². The molecule has 1 amide bonds. The number of benzene rings is 2. The molecule has 120 valence electrons. The van der Waals surface area contributed by atoms with Crippen molar-refractivity contribution in [3.05, 3.63) is 72.6 Å². The monoisotopic (exact) mass is 318 g/mol. The molecule has 5 nitrogen and oxygen atoms in total. The summed E-state index contributed by atoms with van der Waals surface area (Å²) >= 11 is 0. The van der Waals surface area contributed by atoms with E-state index in [-0.39, 0.29) is 12.5 Å². The highest BCUT2D eigenvalue weighted by Gasteiger charge is 2.07. The largest absolute Gasteiger partial charge is 0.365 e. The van der Waals surface area contributed by atoms with Crippen LogP contribution in [0.15, 0.2) is 72.1 Å². The van der Waals surface area contributed by atoms with Crippen molar-refractivity contribution >= 4 is 28.6 Å². The van der Waals surface area contributed by atoms with Crippen LogP contribution in [0, 0.1) is 0 Å². The van der Waals surface area contributed by atoms with Crippen molar-refractivity contribution in [1.29, 1.82) is 0 Å². The predicted molar refractivity (Wildman–Crippen MR) is 97.2 cm³/mol. The molecule has 1 N–H and O–H groups in total. The van der Waals surface area contributed by atoms with E-state index in [1.54, 1.807) is 18.6 Å². The van der Waals surface area contributed by atoms with Crippen molar-refractivity contribution in [3.8, 4) is 0 Å². The van der Waals surface area contributed by atoms with Gasteiger partial charge < -0.3 is 4.90 Å². The summed E-state index contributed by atoms with van der Waals surface area (Å²) in [4.78, 5) is 17.8. The molecule has 24 heavy (non-hydrogen) atoms. The third-order valence-corrected chi connectivity index (χ3v) is 3.66. The molecule has 3 aromatic rings. The summed E-state index contributed by atoms with van der Waals surface area (Å²) in [7, 11) is 1.89. The van der Waals surface area contributed by atoms with E-state index in [2.05, 4.69) is 39.8 Å². The molecule has 0 spiro atoms. The Morgan fingerprint density at radius 3 is 2.67 bits per heavy atom. The number of pyridine rings is 1. The number of nitrogens with one attached hydrogen (secondary N) is 1. The molecule has 0 saturated carbocycles. The van der Waals surface area contributed by atoms with Crippen molar-refractivity contribution < 1.29 is 4.79 Å². The van der Waals surface area contributed by atoms with Gasteiger partial charge in [-0.1, -0.05) is 30.3 Å². The van der Waals surface area contributed by atoms with Gasteiger partial charge in [-0.2, -0.15) is 5.10 Å². The molecule has 0 atom stereocenters. The molecular formula is C19H18N4O. The number of hydrazone groups is 1. The summed E-state index contributed by atoms with van der Waals surface area (Å²) in [5.41, 5.74) is 4.41. The third kappa shape index (κ3) is 3.95. The van der Waals surface area contributed by atoms with Crippen LogP contribution in [0.25, 0.3) is 10.8 Å². The highest BCUT2D eigenvalue weighted by atomic mass is 16.2. The van der Waals surface area contributed by atoms with Gasteiger partial charge in [-0.15, -0.1) is 0 Å². The molecule has 3 rings (SSSR count). The maximum Gasteiger partial charge on any atom is 0.259 e. The minimum Gasteiger partial charge on any atom is -0.365 e. The minimum atomic E-state index is -0.170. The second-order valence-electron chi connectivity index (χ2n) is 5.46. The average molecular weight is 318 g/mol. The summed E-state index contributed by atoms with van der Waals surface area (Å²) in [6.07, 6.45) is 4.95. The van der Waals surface area contributed by atoms with Gasteiger partial charge >= 0.3 is 0 Å². The average Bonchev–Trinajstić information content (AvgIpc) is 2.62. The number of amides is 1. The van der Waals surface area contributed by atoms with Crippen LogP contribution in [0.4, 0.5) is 5.69 Å². The van der Waals surface area contributed by atoms with Gasteiger partial charge in [0, 0.05) is 25.1 Å². The minimum absolute atomic E-state index is 0.170. The molecular weight excluding hydrogens is 300 g/mol. The first kappa shape index (κ1) is 15.7. The molecule has 1 aromatic heterocycles. The van der Waals surface area contributed by atoms with E-state index >= 15 is 0 Å². The summed E-state index contributed by atoms with van der Waals surface area (Å²) in [6, 6.07) is 17.9. The molecule has 0 aliphatic rings. The summed E-state index contributed by atoms with van der Waals surface area (Å²) < 4.78 is 0. The molecule has 1 heterocycles. The molecule has 0 aliphatic carbocycles. The lowest BCUT2D eigenvalue weighted by molar-refractivity contribution is -0.119. The summed E-state index contributed by atoms with van der Waals surface area (Å²) in [5, 5.41) is 6.29. The van der Waals surface area contributed by atoms with Crippen LogP contribution >= 0.6 is 0 Å². The van der Waals surface area contributed by atoms with E-state index in [0.29, 0.717) is 0 Å². The Hall–Kier alpha value is -3.21. The Kier molecular flexibility index (Phi) is 4.81. The van der Waals surface area contributed by atoms with Gasteiger partial charge in [0.15, 0.2) is 0 Å². The quantitative estimate of drug-likeness (QED) is 0.581. The SMILES string of the molecule is CN(CC(=O)N/N=C/c1ccncc1)c1ccc2ccccc2c1. The molecule has 0 unspecified atom stereocenters. The number of fused-ring (bicyclic) bond motifs is 1. The lowest BCUT2D eigenvalue weighted by atomic mass is 10.1. The van der Waals surface area contributed by atoms with E-state index in [4.69, 9.17) is 0 Å². The number of rotatable bonds is 5. The number of carbonyl (C=O) groups is 1. The van der Waals surface area contributed by atoms with E-state index in [0.717, 1.165) is 16.6 Å². The number of hydrogen-bond acceptors (Lipinski definition) is 4. The normalized spacial score (nSPS) is 10.9. The van der Waals surface area contributed by atoms with Crippen LogP contribution in [0.2, 0.25) is 0 Å². The predicted octanol–water partition coefficient (Wildman–Crippen LogP) is 2.82. The number of hydrogen-bond donors (Lipinski definition) is 1. The van der Waals surface area contributed by atoms with Crippen LogP contribution < -0.4 is 10.3 Å². The van der Waals surface area contributed by atoms with E-state index in [1.165, 1.54) is 5.39 Å². The van der Waals surface area contributed by atoms with E-state index in [9.17, 15) is 4.79 Å². The van der Waals surface area contributed by atoms with Crippen LogP contribution in [0.1, 0.15) is 5.56 Å². The van der Waals surface area contributed by atoms with Crippen molar-refractivity contribution in [1.82, 2.24) is 10.4 Å². The highest BCUT2D eigenvalue weighted by Crippen LogP contribution is 2.20. The first-order valence-corrected chi connectivity index (χ1v) is 7.64. The van der Waals surface area contributed by atoms with Crippen molar-refractivity contribution in [2.45, 2.75) is 0 Å². The topological polar surface area (TPSA) is 57.6 Å². The molecule has 0 fully saturated rings. The zero-order valence-corrected chi connectivity index (χ0v) is 13.4. The number of aromatic nitrogens is 1. The molecule has 2 aromatic carbocycles. The maximum atomic E-state index is 12.0. The zero-order valence-electron chi connectivity index (χ0n) is 13.4. The van der Waals surface area contributed by atoms with Crippen molar-refractivity contribution in [2.75, 3.05) is 18.5 Å². The van der Waals surface area contributed by atoms with Crippen LogP contribution in [-0.2, 0) is 4.79 Å². The van der Waals surface area contributed by atoms with Crippen molar-refractivity contribution in [3.63, 3.8) is 0 Å². The fourth-order valence-corrected chi connectivity index (χ4v) is 2.38. The fourth-order valence-electron chi connectivity index (χ4n) is 2.38. The Labute approximate surface area is 140 Å². The molecule has 0 saturated heterocycles. The molecule has 0 aliphatic heterocycles. The number of likely N-dealkylation sites (N-methyl/N-ethyl adjacent to an activating group) is 1. The Balaban J connectivity index is 1.59. The Bertz CT molecular complexity index is 861. The van der Waals surface area contributed by atoms with Gasteiger partial charge in [0.05, 0.1) is 12.8 Å². The van der Waals surface area contributed by atoms with Gasteiger partial charge in [0.2, 0.25) is 0 Å². The second kappa shape index (κ2) is 7.37. The highest BCUT2D eigenvalue weighted by molar-refractivity contribution is 5.88. The summed E-state index contributed by atoms with van der Waals surface area (Å²) in [5.74, 6) is -0.170. The van der Waals surface area contributed by atoms with Gasteiger partial charge in [0.1, 0.15) is 0 Å². The van der Waals surface area contributed by atoms with E-state index < -0.39 is 0 Å². The number of anilines is 1. The maximum absolute atomic E-state index is 12.0. The standard InChI is InChI=1S/C19H18N4O/c1-23(18-7-6-16-4-2-3-5-17(16)12-18)14-19(24)22-21-13-15-8-10-20-11-9-15/h2-13H,14H2,1H3,(H,22,24)/b21-13+. The van der Waals surface area contributed by atoms with Gasteiger partial charge in [-0.3, -0.25) is 9.78 Å². The van der Waals surface area contributed by atoms with E-state index in [1.807, 2.05) is 42.3 Å². The fraction of sp³-hybridized carbons (Fsp3) is 0.105. The number of nitrogens with zero attached hydrogens (tertiary/aromatic N) is 3. The second-order valence-corrected chi connectivity index (χ2v) is 5.46. The van der Waals surface area contributed by atoms with Crippen molar-refractivity contribution in [2.24, 2.45) is 5.10 Å². The Morgan fingerprint density at radius 2 is 1.88 bits per heavy atom.